The van der Waals surface area contributed by atoms with Gasteiger partial charge in [-0.25, -0.2) is 0 Å². The number of rotatable bonds is 6. The summed E-state index contributed by atoms with van der Waals surface area (Å²) in [6.45, 7) is 6.16. The third kappa shape index (κ3) is 4.62. The van der Waals surface area contributed by atoms with Gasteiger partial charge in [-0.05, 0) is 88.1 Å². The van der Waals surface area contributed by atoms with Crippen LogP contribution in [0.5, 0.6) is 0 Å². The summed E-state index contributed by atoms with van der Waals surface area (Å²) < 4.78 is 1.32. The van der Waals surface area contributed by atoms with Crippen molar-refractivity contribution in [3.05, 3.63) is 143 Å². The standard InChI is InChI=1S/C37H30S/c1-3-12-36-33(4-2)35-22-11-21-34(37(35)38-36)32-20-10-19-31(25-32)30-18-9-17-29(24-30)28-16-8-15-27(23-28)26-13-6-5-7-14-26/h3-8,10-17,19-25H,2,9,18H2,1H3/b12-3-. The van der Waals surface area contributed by atoms with Crippen molar-refractivity contribution in [1.82, 2.24) is 0 Å². The Morgan fingerprint density at radius 3 is 2.26 bits per heavy atom. The fourth-order valence-corrected chi connectivity index (χ4v) is 6.71. The van der Waals surface area contributed by atoms with E-state index in [-0.39, 0.29) is 0 Å². The molecule has 1 aliphatic carbocycles. The second-order valence-electron chi connectivity index (χ2n) is 9.66. The molecule has 0 amide bonds. The zero-order chi connectivity index (χ0) is 25.9. The lowest BCUT2D eigenvalue weighted by molar-refractivity contribution is 1.06. The number of thiophene rings is 1. The van der Waals surface area contributed by atoms with Gasteiger partial charge in [0, 0.05) is 15.0 Å². The number of fused-ring (bicyclic) bond motifs is 1. The maximum atomic E-state index is 4.09. The average molecular weight is 507 g/mol. The molecule has 4 aromatic carbocycles. The van der Waals surface area contributed by atoms with E-state index in [9.17, 15) is 0 Å². The van der Waals surface area contributed by atoms with E-state index in [1.165, 1.54) is 65.1 Å². The first kappa shape index (κ1) is 24.2. The van der Waals surface area contributed by atoms with Crippen LogP contribution in [0.2, 0.25) is 0 Å². The summed E-state index contributed by atoms with van der Waals surface area (Å²) in [7, 11) is 0. The highest BCUT2D eigenvalue weighted by atomic mass is 32.1. The Hall–Kier alpha value is -4.20. The Kier molecular flexibility index (Phi) is 6.77. The predicted octanol–water partition coefficient (Wildman–Crippen LogP) is 11.2. The van der Waals surface area contributed by atoms with Crippen molar-refractivity contribution in [1.29, 1.82) is 0 Å². The molecule has 184 valence electrons. The largest absolute Gasteiger partial charge is 0.135 e. The number of hydrogen-bond donors (Lipinski definition) is 0. The van der Waals surface area contributed by atoms with E-state index >= 15 is 0 Å². The molecule has 5 aromatic rings. The first-order chi connectivity index (χ1) is 18.7. The molecule has 0 bridgehead atoms. The Bertz CT molecular complexity index is 1720. The van der Waals surface area contributed by atoms with Crippen molar-refractivity contribution in [3.63, 3.8) is 0 Å². The minimum Gasteiger partial charge on any atom is -0.135 e. The summed E-state index contributed by atoms with van der Waals surface area (Å²) in [5.41, 5.74) is 11.6. The SMILES string of the molecule is C=Cc1c(/C=C\C)sc2c(-c3cccc(C4=CC(c5cccc(-c6ccccc6)c5)=CCC4)c3)cccc12. The normalized spacial score (nSPS) is 13.5. The summed E-state index contributed by atoms with van der Waals surface area (Å²) in [6.07, 6.45) is 13.2. The van der Waals surface area contributed by atoms with Gasteiger partial charge in [-0.1, -0.05) is 116 Å². The molecule has 0 aliphatic heterocycles. The van der Waals surface area contributed by atoms with E-state index in [1.807, 2.05) is 17.4 Å². The fraction of sp³-hybridized carbons (Fsp3) is 0.0811. The van der Waals surface area contributed by atoms with Gasteiger partial charge in [-0.3, -0.25) is 0 Å². The van der Waals surface area contributed by atoms with Gasteiger partial charge < -0.3 is 0 Å². The van der Waals surface area contributed by atoms with Gasteiger partial charge in [0.05, 0.1) is 0 Å². The molecule has 1 heteroatoms. The van der Waals surface area contributed by atoms with Crippen LogP contribution in [0.1, 0.15) is 41.3 Å². The first-order valence-corrected chi connectivity index (χ1v) is 14.0. The molecule has 6 rings (SSSR count). The molecule has 38 heavy (non-hydrogen) atoms. The zero-order valence-electron chi connectivity index (χ0n) is 21.7. The van der Waals surface area contributed by atoms with Crippen molar-refractivity contribution in [2.24, 2.45) is 0 Å². The minimum absolute atomic E-state index is 1.05. The summed E-state index contributed by atoms with van der Waals surface area (Å²) in [4.78, 5) is 1.27. The molecule has 1 aromatic heterocycles. The molecular formula is C37H30S. The second kappa shape index (κ2) is 10.7. The van der Waals surface area contributed by atoms with Crippen LogP contribution >= 0.6 is 11.3 Å². The van der Waals surface area contributed by atoms with Gasteiger partial charge in [-0.15, -0.1) is 11.3 Å². The molecule has 0 nitrogen and oxygen atoms in total. The molecular weight excluding hydrogens is 476 g/mol. The quantitative estimate of drug-likeness (QED) is 0.215. The molecule has 0 saturated heterocycles. The lowest BCUT2D eigenvalue weighted by atomic mass is 9.88. The molecule has 0 atom stereocenters. The van der Waals surface area contributed by atoms with Crippen LogP contribution in [-0.2, 0) is 0 Å². The van der Waals surface area contributed by atoms with E-state index < -0.39 is 0 Å². The van der Waals surface area contributed by atoms with Crippen LogP contribution in [0.25, 0.3) is 55.6 Å². The van der Waals surface area contributed by atoms with E-state index in [0.717, 1.165) is 12.8 Å². The molecule has 0 saturated carbocycles. The average Bonchev–Trinajstić information content (AvgIpc) is 3.35. The highest BCUT2D eigenvalue weighted by Crippen LogP contribution is 2.41. The van der Waals surface area contributed by atoms with Crippen LogP contribution in [0.3, 0.4) is 0 Å². The Labute approximate surface area is 229 Å². The highest BCUT2D eigenvalue weighted by molar-refractivity contribution is 7.20. The van der Waals surface area contributed by atoms with Crippen LogP contribution in [0.15, 0.2) is 122 Å². The van der Waals surface area contributed by atoms with Gasteiger partial charge in [-0.2, -0.15) is 0 Å². The van der Waals surface area contributed by atoms with Crippen LogP contribution < -0.4 is 0 Å². The molecule has 0 spiro atoms. The van der Waals surface area contributed by atoms with E-state index in [4.69, 9.17) is 0 Å². The summed E-state index contributed by atoms with van der Waals surface area (Å²) in [6, 6.07) is 35.2. The maximum absolute atomic E-state index is 4.09. The Morgan fingerprint density at radius 1 is 0.737 bits per heavy atom. The summed E-state index contributed by atoms with van der Waals surface area (Å²) >= 11 is 1.85. The van der Waals surface area contributed by atoms with E-state index in [0.29, 0.717) is 0 Å². The van der Waals surface area contributed by atoms with Gasteiger partial charge in [0.1, 0.15) is 0 Å². The van der Waals surface area contributed by atoms with Crippen LogP contribution in [0, 0.1) is 0 Å². The first-order valence-electron chi connectivity index (χ1n) is 13.2. The molecule has 0 N–H and O–H groups in total. The predicted molar refractivity (Wildman–Crippen MR) is 169 cm³/mol. The van der Waals surface area contributed by atoms with E-state index in [2.05, 4.69) is 135 Å². The van der Waals surface area contributed by atoms with Gasteiger partial charge in [0.2, 0.25) is 0 Å². The maximum Gasteiger partial charge on any atom is 0.0433 e. The summed E-state index contributed by atoms with van der Waals surface area (Å²) in [5.74, 6) is 0. The van der Waals surface area contributed by atoms with Crippen molar-refractivity contribution < 1.29 is 0 Å². The number of benzene rings is 4. The highest BCUT2D eigenvalue weighted by Gasteiger charge is 2.14. The van der Waals surface area contributed by atoms with Crippen molar-refractivity contribution >= 4 is 44.7 Å². The second-order valence-corrected chi connectivity index (χ2v) is 10.7. The number of hydrogen-bond acceptors (Lipinski definition) is 1. The van der Waals surface area contributed by atoms with Crippen LogP contribution in [-0.4, -0.2) is 0 Å². The topological polar surface area (TPSA) is 0 Å². The lowest BCUT2D eigenvalue weighted by Crippen LogP contribution is -1.94. The van der Waals surface area contributed by atoms with Crippen molar-refractivity contribution in [2.75, 3.05) is 0 Å². The molecule has 0 unspecified atom stereocenters. The fourth-order valence-electron chi connectivity index (χ4n) is 5.40. The molecule has 1 heterocycles. The molecule has 1 aliphatic rings. The Balaban J connectivity index is 1.37. The Morgan fingerprint density at radius 2 is 1.45 bits per heavy atom. The smallest absolute Gasteiger partial charge is 0.0433 e. The van der Waals surface area contributed by atoms with Gasteiger partial charge in [0.25, 0.3) is 0 Å². The summed E-state index contributed by atoms with van der Waals surface area (Å²) in [5, 5.41) is 1.28. The zero-order valence-corrected chi connectivity index (χ0v) is 22.5. The third-order valence-electron chi connectivity index (χ3n) is 7.26. The lowest BCUT2D eigenvalue weighted by Gasteiger charge is -2.16. The molecule has 0 radical (unpaired) electrons. The van der Waals surface area contributed by atoms with Crippen LogP contribution in [0.4, 0.5) is 0 Å². The van der Waals surface area contributed by atoms with Gasteiger partial charge in [0.15, 0.2) is 0 Å². The number of allylic oxidation sites excluding steroid dienone is 5. The third-order valence-corrected chi connectivity index (χ3v) is 8.48. The van der Waals surface area contributed by atoms with Crippen molar-refractivity contribution in [3.8, 4) is 22.3 Å². The van der Waals surface area contributed by atoms with Gasteiger partial charge >= 0.3 is 0 Å². The minimum atomic E-state index is 1.05. The molecule has 0 fully saturated rings. The van der Waals surface area contributed by atoms with Crippen molar-refractivity contribution in [2.45, 2.75) is 19.8 Å². The van der Waals surface area contributed by atoms with E-state index in [1.54, 1.807) is 0 Å². The monoisotopic (exact) mass is 506 g/mol.